The standard InChI is InChI=1S/C28H50O6.C26H48N4O11.2H2/c1-2-3-18-25(29)22-21-24(28(33)34)23-26(30)19-16-14-12-10-8-6-4-5-7-9-11-13-15-17-20-27(31)32;1-18(32)20(26(28)37)14-22(33)19(13-23(34)21(27)15-31)5-3-4-6-29-24(35)16-41-12-11-39-8-7-30-25(36)17-40-10-9-38-2;;/h24H,2-23H2,1H3,(H,31,32)(H,33,34);18-21,31-32H,3-17,27H2,1-2H3,(H2,28,37)(H,29,35)(H,30,36);2*1H/t24-;18-,19-,20+,21-;;/m11../s1. The number of primary amides is 1. The molecular weight excluding hydrogens is 977 g/mol. The second-order valence-corrected chi connectivity index (χ2v) is 19.3. The average molecular weight is 1080 g/mol. The Kier molecular flexibility index (Phi) is 49.1. The van der Waals surface area contributed by atoms with E-state index in [0.29, 0.717) is 64.8 Å². The van der Waals surface area contributed by atoms with Crippen LogP contribution in [0.3, 0.4) is 0 Å². The molecular formula is C54H102N4O17. The second-order valence-electron chi connectivity index (χ2n) is 19.3. The third-order valence-corrected chi connectivity index (χ3v) is 12.5. The van der Waals surface area contributed by atoms with Crippen LogP contribution in [0.5, 0.6) is 0 Å². The highest BCUT2D eigenvalue weighted by atomic mass is 16.5. The number of ether oxygens (including phenoxy) is 4. The summed E-state index contributed by atoms with van der Waals surface area (Å²) in [5, 5.41) is 42.1. The van der Waals surface area contributed by atoms with Gasteiger partial charge in [-0.3, -0.25) is 43.2 Å². The third-order valence-electron chi connectivity index (χ3n) is 12.5. The third kappa shape index (κ3) is 46.8. The van der Waals surface area contributed by atoms with Gasteiger partial charge in [-0.1, -0.05) is 96.8 Å². The molecule has 0 aliphatic heterocycles. The number of nitrogens with two attached hydrogens (primary N) is 2. The van der Waals surface area contributed by atoms with E-state index in [0.717, 1.165) is 51.4 Å². The van der Waals surface area contributed by atoms with Gasteiger partial charge in [-0.05, 0) is 45.4 Å². The molecule has 0 rings (SSSR count). The van der Waals surface area contributed by atoms with Crippen molar-refractivity contribution >= 4 is 52.8 Å². The van der Waals surface area contributed by atoms with Gasteiger partial charge in [0, 0.05) is 73.9 Å². The molecule has 0 aliphatic carbocycles. The van der Waals surface area contributed by atoms with Crippen LogP contribution >= 0.6 is 0 Å². The van der Waals surface area contributed by atoms with Crippen molar-refractivity contribution in [1.29, 1.82) is 0 Å². The van der Waals surface area contributed by atoms with Crippen molar-refractivity contribution in [3.8, 4) is 0 Å². The molecule has 3 amide bonds. The Morgan fingerprint density at radius 1 is 0.547 bits per heavy atom. The number of aliphatic carboxylic acids is 2. The minimum Gasteiger partial charge on any atom is -0.481 e. The first kappa shape index (κ1) is 72.8. The summed E-state index contributed by atoms with van der Waals surface area (Å²) >= 11 is 0. The van der Waals surface area contributed by atoms with E-state index in [-0.39, 0.29) is 91.4 Å². The molecule has 0 unspecified atom stereocenters. The molecule has 75 heavy (non-hydrogen) atoms. The number of Topliss-reactive ketones (excluding diaryl/α,β-unsaturated/α-hetero) is 4. The molecule has 0 bridgehead atoms. The number of rotatable bonds is 53. The highest BCUT2D eigenvalue weighted by molar-refractivity contribution is 5.92. The number of hydrogen-bond donors (Lipinski definition) is 8. The number of aliphatic hydroxyl groups excluding tert-OH is 2. The van der Waals surface area contributed by atoms with Gasteiger partial charge >= 0.3 is 11.9 Å². The lowest BCUT2D eigenvalue weighted by Gasteiger charge is -2.21. The number of amides is 3. The summed E-state index contributed by atoms with van der Waals surface area (Å²) in [5.41, 5.74) is 10.8. The van der Waals surface area contributed by atoms with Crippen molar-refractivity contribution in [2.45, 2.75) is 199 Å². The van der Waals surface area contributed by atoms with Crippen molar-refractivity contribution < 1.29 is 85.4 Å². The van der Waals surface area contributed by atoms with Crippen LogP contribution in [-0.4, -0.2) is 158 Å². The summed E-state index contributed by atoms with van der Waals surface area (Å²) in [5.74, 6) is -6.40. The SMILES string of the molecule is CCCCC(=O)CC[C@H](CC(=O)CCCCCCCCCCCCCCCCC(=O)O)C(=O)O.COCCOCC(=O)NCCOCCOCC(=O)NCCCC[C@H](CC(=O)[C@H](N)CO)C(=O)C[C@H](C(N)=O)[C@@H](C)O.[HH].[HH]. The Morgan fingerprint density at radius 3 is 1.55 bits per heavy atom. The van der Waals surface area contributed by atoms with Gasteiger partial charge in [-0.15, -0.1) is 0 Å². The lowest BCUT2D eigenvalue weighted by Crippen LogP contribution is -2.38. The first-order valence-electron chi connectivity index (χ1n) is 27.5. The molecule has 5 atom stereocenters. The predicted octanol–water partition coefficient (Wildman–Crippen LogP) is 5.43. The maximum absolute atomic E-state index is 12.8. The van der Waals surface area contributed by atoms with Crippen molar-refractivity contribution in [2.75, 3.05) is 73.1 Å². The summed E-state index contributed by atoms with van der Waals surface area (Å²) in [6.07, 6.45) is 19.2. The average Bonchev–Trinajstić information content (AvgIpc) is 3.36. The van der Waals surface area contributed by atoms with Crippen molar-refractivity contribution in [3.05, 3.63) is 0 Å². The van der Waals surface area contributed by atoms with E-state index in [1.54, 1.807) is 7.11 Å². The first-order valence-corrected chi connectivity index (χ1v) is 27.5. The summed E-state index contributed by atoms with van der Waals surface area (Å²) in [4.78, 5) is 106. The van der Waals surface area contributed by atoms with E-state index in [2.05, 4.69) is 10.6 Å². The van der Waals surface area contributed by atoms with Gasteiger partial charge in [0.25, 0.3) is 0 Å². The number of carboxylic acid groups (broad SMARTS) is 2. The maximum atomic E-state index is 12.8. The van der Waals surface area contributed by atoms with Crippen LogP contribution in [0.1, 0.15) is 190 Å². The Morgan fingerprint density at radius 2 is 1.05 bits per heavy atom. The van der Waals surface area contributed by atoms with Gasteiger partial charge in [0.2, 0.25) is 17.7 Å². The molecule has 0 saturated heterocycles. The van der Waals surface area contributed by atoms with Crippen molar-refractivity contribution in [2.24, 2.45) is 29.2 Å². The first-order chi connectivity index (χ1) is 35.9. The van der Waals surface area contributed by atoms with E-state index >= 15 is 0 Å². The zero-order valence-electron chi connectivity index (χ0n) is 45.8. The summed E-state index contributed by atoms with van der Waals surface area (Å²) in [6, 6.07) is -1.11. The smallest absolute Gasteiger partial charge is 0.306 e. The number of methoxy groups -OCH3 is 1. The molecule has 21 heteroatoms. The Balaban J connectivity index is -0.000000686. The predicted molar refractivity (Wildman–Crippen MR) is 287 cm³/mol. The molecule has 21 nitrogen and oxygen atoms in total. The van der Waals surface area contributed by atoms with Gasteiger partial charge in [0.05, 0.1) is 63.6 Å². The van der Waals surface area contributed by atoms with Gasteiger partial charge in [0.15, 0.2) is 5.78 Å². The number of ketones is 4. The molecule has 440 valence electrons. The fourth-order valence-corrected chi connectivity index (χ4v) is 7.81. The number of unbranched alkanes of at least 4 members (excludes halogenated alkanes) is 15. The summed E-state index contributed by atoms with van der Waals surface area (Å²) in [6.45, 7) is 4.69. The highest BCUT2D eigenvalue weighted by Crippen LogP contribution is 2.22. The molecule has 0 radical (unpaired) electrons. The van der Waals surface area contributed by atoms with Gasteiger partial charge in [-0.25, -0.2) is 0 Å². The lowest BCUT2D eigenvalue weighted by atomic mass is 9.84. The Hall–Kier alpha value is -4.25. The van der Waals surface area contributed by atoms with Crippen LogP contribution in [0.15, 0.2) is 0 Å². The lowest BCUT2D eigenvalue weighted by molar-refractivity contribution is -0.144. The fraction of sp³-hybridized carbons (Fsp3) is 0.833. The minimum absolute atomic E-state index is 0. The Bertz CT molecular complexity index is 1580. The van der Waals surface area contributed by atoms with Crippen molar-refractivity contribution in [1.82, 2.24) is 10.6 Å². The van der Waals surface area contributed by atoms with E-state index < -0.39 is 65.9 Å². The minimum atomic E-state index is -1.12. The van der Waals surface area contributed by atoms with E-state index in [4.69, 9.17) is 40.6 Å². The second kappa shape index (κ2) is 50.6. The van der Waals surface area contributed by atoms with Crippen LogP contribution in [0.4, 0.5) is 0 Å². The summed E-state index contributed by atoms with van der Waals surface area (Å²) < 4.78 is 20.5. The zero-order valence-corrected chi connectivity index (χ0v) is 45.8. The molecule has 0 aromatic carbocycles. The molecule has 0 saturated carbocycles. The molecule has 0 spiro atoms. The maximum Gasteiger partial charge on any atom is 0.306 e. The van der Waals surface area contributed by atoms with E-state index in [9.17, 15) is 53.4 Å². The van der Waals surface area contributed by atoms with Gasteiger partial charge in [0.1, 0.15) is 30.6 Å². The molecule has 0 aliphatic rings. The van der Waals surface area contributed by atoms with Crippen LogP contribution < -0.4 is 22.1 Å². The normalized spacial score (nSPS) is 13.1. The number of carbonyl (C=O) groups is 9. The molecule has 0 heterocycles. The molecule has 0 aromatic rings. The van der Waals surface area contributed by atoms with E-state index in [1.165, 1.54) is 58.3 Å². The van der Waals surface area contributed by atoms with Gasteiger partial charge < -0.3 is 61.5 Å². The summed E-state index contributed by atoms with van der Waals surface area (Å²) in [7, 11) is 1.54. The zero-order chi connectivity index (χ0) is 56.5. The number of carbonyl (C=O) groups excluding carboxylic acids is 7. The van der Waals surface area contributed by atoms with E-state index in [1.807, 2.05) is 6.92 Å². The molecule has 10 N–H and O–H groups in total. The molecule has 0 aromatic heterocycles. The fourth-order valence-electron chi connectivity index (χ4n) is 7.81. The number of nitrogens with one attached hydrogen (secondary N) is 2. The van der Waals surface area contributed by atoms with Crippen LogP contribution in [0, 0.1) is 17.8 Å². The van der Waals surface area contributed by atoms with Gasteiger partial charge in [-0.2, -0.15) is 0 Å². The topological polar surface area (TPSA) is 348 Å². The van der Waals surface area contributed by atoms with Crippen LogP contribution in [0.25, 0.3) is 0 Å². The van der Waals surface area contributed by atoms with Crippen LogP contribution in [0.2, 0.25) is 0 Å². The highest BCUT2D eigenvalue weighted by Gasteiger charge is 2.30. The molecule has 0 fully saturated rings. The quantitative estimate of drug-likeness (QED) is 0.0352. The number of aliphatic hydroxyl groups is 2. The number of carboxylic acids is 2. The van der Waals surface area contributed by atoms with Crippen molar-refractivity contribution in [3.63, 3.8) is 0 Å². The van der Waals surface area contributed by atoms with Crippen LogP contribution in [-0.2, 0) is 62.1 Å². The monoisotopic (exact) mass is 1080 g/mol. The number of hydrogen-bond acceptors (Lipinski definition) is 16. The Labute approximate surface area is 449 Å². The largest absolute Gasteiger partial charge is 0.481 e.